The van der Waals surface area contributed by atoms with E-state index in [9.17, 15) is 0 Å². The molecule has 1 aliphatic heterocycles. The van der Waals surface area contributed by atoms with Gasteiger partial charge < -0.3 is 11.1 Å². The smallest absolute Gasteiger partial charge is 0.123 e. The molecule has 1 fully saturated rings. The van der Waals surface area contributed by atoms with Crippen LogP contribution in [0.3, 0.4) is 0 Å². The second kappa shape index (κ2) is 7.23. The molecule has 0 bridgehead atoms. The molecule has 1 aliphatic rings. The van der Waals surface area contributed by atoms with Gasteiger partial charge in [-0.25, -0.2) is 4.98 Å². The molecule has 1 unspecified atom stereocenters. The van der Waals surface area contributed by atoms with E-state index < -0.39 is 0 Å². The molecule has 4 nitrogen and oxygen atoms in total. The molecule has 0 aromatic carbocycles. The fourth-order valence-corrected chi connectivity index (χ4v) is 3.43. The molecule has 2 rings (SSSR count). The van der Waals surface area contributed by atoms with Gasteiger partial charge in [-0.05, 0) is 70.9 Å². The lowest BCUT2D eigenvalue weighted by Crippen LogP contribution is -2.58. The molecule has 118 valence electrons. The van der Waals surface area contributed by atoms with Gasteiger partial charge in [0, 0.05) is 17.8 Å². The van der Waals surface area contributed by atoms with Crippen LogP contribution in [0, 0.1) is 0 Å². The first-order valence-electron chi connectivity index (χ1n) is 8.17. The molecule has 4 heteroatoms. The Kier molecular flexibility index (Phi) is 5.59. The third-order valence-corrected chi connectivity index (χ3v) is 4.91. The SMILES string of the molecule is CNC(Cc1ccnc(N)c1)C(C)(C)N1CCCCCC1. The quantitative estimate of drug-likeness (QED) is 0.874. The Balaban J connectivity index is 2.10. The second-order valence-electron chi connectivity index (χ2n) is 6.69. The van der Waals surface area contributed by atoms with Crippen molar-refractivity contribution in [2.75, 3.05) is 25.9 Å². The monoisotopic (exact) mass is 290 g/mol. The number of hydrogen-bond donors (Lipinski definition) is 2. The minimum atomic E-state index is 0.136. The van der Waals surface area contributed by atoms with Crippen LogP contribution >= 0.6 is 0 Å². The molecule has 1 atom stereocenters. The number of nitrogens with one attached hydrogen (secondary N) is 1. The summed E-state index contributed by atoms with van der Waals surface area (Å²) in [6.45, 7) is 7.15. The Bertz CT molecular complexity index is 436. The van der Waals surface area contributed by atoms with Crippen molar-refractivity contribution >= 4 is 5.82 Å². The number of nitrogens with two attached hydrogens (primary N) is 1. The van der Waals surface area contributed by atoms with Crippen molar-refractivity contribution in [1.29, 1.82) is 0 Å². The van der Waals surface area contributed by atoms with Crippen molar-refractivity contribution < 1.29 is 0 Å². The minimum absolute atomic E-state index is 0.136. The number of nitrogens with zero attached hydrogens (tertiary/aromatic N) is 2. The van der Waals surface area contributed by atoms with E-state index in [1.807, 2.05) is 6.07 Å². The summed E-state index contributed by atoms with van der Waals surface area (Å²) >= 11 is 0. The topological polar surface area (TPSA) is 54.2 Å². The maximum atomic E-state index is 5.81. The van der Waals surface area contributed by atoms with Crippen LogP contribution in [-0.2, 0) is 6.42 Å². The highest BCUT2D eigenvalue weighted by Gasteiger charge is 2.34. The van der Waals surface area contributed by atoms with Crippen molar-refractivity contribution in [3.8, 4) is 0 Å². The van der Waals surface area contributed by atoms with Gasteiger partial charge in [-0.2, -0.15) is 0 Å². The van der Waals surface area contributed by atoms with Gasteiger partial charge in [0.25, 0.3) is 0 Å². The molecule has 0 spiro atoms. The fourth-order valence-electron chi connectivity index (χ4n) is 3.43. The maximum Gasteiger partial charge on any atom is 0.123 e. The van der Waals surface area contributed by atoms with E-state index in [2.05, 4.69) is 42.2 Å². The van der Waals surface area contributed by atoms with Gasteiger partial charge in [0.05, 0.1) is 0 Å². The van der Waals surface area contributed by atoms with E-state index in [-0.39, 0.29) is 5.54 Å². The first-order valence-corrected chi connectivity index (χ1v) is 8.17. The van der Waals surface area contributed by atoms with E-state index in [1.54, 1.807) is 6.20 Å². The zero-order chi connectivity index (χ0) is 15.3. The van der Waals surface area contributed by atoms with Crippen molar-refractivity contribution in [2.45, 2.75) is 57.5 Å². The third-order valence-electron chi connectivity index (χ3n) is 4.91. The summed E-state index contributed by atoms with van der Waals surface area (Å²) in [5.74, 6) is 0.606. The number of aromatic nitrogens is 1. The number of anilines is 1. The summed E-state index contributed by atoms with van der Waals surface area (Å²) in [5.41, 5.74) is 7.20. The van der Waals surface area contributed by atoms with E-state index in [4.69, 9.17) is 5.73 Å². The Morgan fingerprint density at radius 1 is 1.29 bits per heavy atom. The molecule has 0 radical (unpaired) electrons. The van der Waals surface area contributed by atoms with E-state index >= 15 is 0 Å². The molecule has 1 saturated heterocycles. The highest BCUT2D eigenvalue weighted by atomic mass is 15.2. The van der Waals surface area contributed by atoms with Crippen LogP contribution in [0.4, 0.5) is 5.82 Å². The standard InChI is InChI=1S/C17H30N4/c1-17(2,21-10-6-4-5-7-11-21)15(19-3)12-14-8-9-20-16(18)13-14/h8-9,13,15,19H,4-7,10-12H2,1-3H3,(H2,18,20). The zero-order valence-electron chi connectivity index (χ0n) is 13.7. The summed E-state index contributed by atoms with van der Waals surface area (Å²) in [6, 6.07) is 4.46. The van der Waals surface area contributed by atoms with Gasteiger partial charge in [-0.1, -0.05) is 12.8 Å². The highest BCUT2D eigenvalue weighted by molar-refractivity contribution is 5.32. The zero-order valence-corrected chi connectivity index (χ0v) is 13.7. The molecule has 2 heterocycles. The first-order chi connectivity index (χ1) is 10.0. The molecule has 0 saturated carbocycles. The number of rotatable bonds is 5. The van der Waals surface area contributed by atoms with Crippen LogP contribution < -0.4 is 11.1 Å². The number of likely N-dealkylation sites (tertiary alicyclic amines) is 1. The van der Waals surface area contributed by atoms with Crippen molar-refractivity contribution in [1.82, 2.24) is 15.2 Å². The van der Waals surface area contributed by atoms with E-state index in [0.717, 1.165) is 6.42 Å². The second-order valence-corrected chi connectivity index (χ2v) is 6.69. The lowest BCUT2D eigenvalue weighted by Gasteiger charge is -2.44. The Morgan fingerprint density at radius 3 is 2.52 bits per heavy atom. The molecule has 1 aromatic heterocycles. The summed E-state index contributed by atoms with van der Waals surface area (Å²) in [6.07, 6.45) is 8.17. The Hall–Kier alpha value is -1.13. The first kappa shape index (κ1) is 16.2. The predicted octanol–water partition coefficient (Wildman–Crippen LogP) is 2.45. The van der Waals surface area contributed by atoms with Gasteiger partial charge in [-0.3, -0.25) is 4.90 Å². The van der Waals surface area contributed by atoms with Gasteiger partial charge in [0.2, 0.25) is 0 Å². The average Bonchev–Trinajstić information content (AvgIpc) is 2.74. The Labute approximate surface area is 129 Å². The summed E-state index contributed by atoms with van der Waals surface area (Å²) in [7, 11) is 2.06. The third kappa shape index (κ3) is 4.17. The lowest BCUT2D eigenvalue weighted by atomic mass is 9.87. The molecule has 0 aliphatic carbocycles. The number of likely N-dealkylation sites (N-methyl/N-ethyl adjacent to an activating group) is 1. The van der Waals surface area contributed by atoms with Crippen LogP contribution in [0.5, 0.6) is 0 Å². The number of nitrogen functional groups attached to an aromatic ring is 1. The van der Waals surface area contributed by atoms with Gasteiger partial charge in [-0.15, -0.1) is 0 Å². The van der Waals surface area contributed by atoms with Crippen LogP contribution in [-0.4, -0.2) is 41.6 Å². The van der Waals surface area contributed by atoms with Gasteiger partial charge in [0.15, 0.2) is 0 Å². The predicted molar refractivity (Wildman–Crippen MR) is 89.3 cm³/mol. The maximum absolute atomic E-state index is 5.81. The molecule has 1 aromatic rings. The minimum Gasteiger partial charge on any atom is -0.384 e. The average molecular weight is 290 g/mol. The fraction of sp³-hybridized carbons (Fsp3) is 0.706. The summed E-state index contributed by atoms with van der Waals surface area (Å²) < 4.78 is 0. The normalized spacial score (nSPS) is 19.2. The van der Waals surface area contributed by atoms with Gasteiger partial charge >= 0.3 is 0 Å². The largest absolute Gasteiger partial charge is 0.384 e. The summed E-state index contributed by atoms with van der Waals surface area (Å²) in [4.78, 5) is 6.74. The van der Waals surface area contributed by atoms with Crippen LogP contribution in [0.25, 0.3) is 0 Å². The lowest BCUT2D eigenvalue weighted by molar-refractivity contribution is 0.0864. The number of pyridine rings is 1. The van der Waals surface area contributed by atoms with Crippen LogP contribution in [0.2, 0.25) is 0 Å². The van der Waals surface area contributed by atoms with Crippen molar-refractivity contribution in [2.24, 2.45) is 0 Å². The highest BCUT2D eigenvalue weighted by Crippen LogP contribution is 2.25. The number of hydrogen-bond acceptors (Lipinski definition) is 4. The van der Waals surface area contributed by atoms with E-state index in [1.165, 1.54) is 44.3 Å². The molecular formula is C17H30N4. The van der Waals surface area contributed by atoms with Crippen molar-refractivity contribution in [3.05, 3.63) is 23.9 Å². The van der Waals surface area contributed by atoms with Crippen LogP contribution in [0.15, 0.2) is 18.3 Å². The summed E-state index contributed by atoms with van der Waals surface area (Å²) in [5, 5.41) is 3.53. The molecule has 21 heavy (non-hydrogen) atoms. The van der Waals surface area contributed by atoms with Crippen molar-refractivity contribution in [3.63, 3.8) is 0 Å². The van der Waals surface area contributed by atoms with E-state index in [0.29, 0.717) is 11.9 Å². The van der Waals surface area contributed by atoms with Gasteiger partial charge in [0.1, 0.15) is 5.82 Å². The molecule has 0 amide bonds. The van der Waals surface area contributed by atoms with Crippen LogP contribution in [0.1, 0.15) is 45.1 Å². The molecular weight excluding hydrogens is 260 g/mol. The molecule has 3 N–H and O–H groups in total. The Morgan fingerprint density at radius 2 is 1.95 bits per heavy atom.